The fourth-order valence-corrected chi connectivity index (χ4v) is 2.11. The van der Waals surface area contributed by atoms with Gasteiger partial charge in [0.05, 0.1) is 0 Å². The normalized spacial score (nSPS) is 10.8. The van der Waals surface area contributed by atoms with E-state index >= 15 is 0 Å². The van der Waals surface area contributed by atoms with E-state index in [1.165, 1.54) is 6.08 Å². The summed E-state index contributed by atoms with van der Waals surface area (Å²) in [6.07, 6.45) is 2.56. The molecule has 1 aromatic rings. The van der Waals surface area contributed by atoms with E-state index in [2.05, 4.69) is 15.9 Å². The van der Waals surface area contributed by atoms with Crippen molar-refractivity contribution in [2.24, 2.45) is 0 Å². The highest BCUT2D eigenvalue weighted by Gasteiger charge is 2.02. The van der Waals surface area contributed by atoms with Crippen LogP contribution < -0.4 is 0 Å². The average molecular weight is 276 g/mol. The molecule has 1 N–H and O–H groups in total. The lowest BCUT2D eigenvalue weighted by Gasteiger charge is -2.03. The Labute approximate surface area is 95.3 Å². The van der Waals surface area contributed by atoms with Gasteiger partial charge in [0.15, 0.2) is 0 Å². The molecule has 0 saturated carbocycles. The van der Waals surface area contributed by atoms with Gasteiger partial charge in [0.2, 0.25) is 0 Å². The fraction of sp³-hybridized carbons (Fsp3) is 0.100. The summed E-state index contributed by atoms with van der Waals surface area (Å²) < 4.78 is 0.882. The zero-order valence-corrected chi connectivity index (χ0v) is 9.76. The van der Waals surface area contributed by atoms with Crippen molar-refractivity contribution < 1.29 is 9.90 Å². The first-order valence-electron chi connectivity index (χ1n) is 3.87. The van der Waals surface area contributed by atoms with Crippen LogP contribution in [0.4, 0.5) is 0 Å². The molecule has 0 amide bonds. The summed E-state index contributed by atoms with van der Waals surface area (Å²) in [4.78, 5) is 10.3. The van der Waals surface area contributed by atoms with Crippen LogP contribution in [0.2, 0.25) is 5.02 Å². The largest absolute Gasteiger partial charge is 0.478 e. The molecule has 1 rings (SSSR count). The van der Waals surface area contributed by atoms with E-state index in [9.17, 15) is 4.79 Å². The first-order valence-corrected chi connectivity index (χ1v) is 5.04. The number of hydrogen-bond donors (Lipinski definition) is 1. The summed E-state index contributed by atoms with van der Waals surface area (Å²) in [7, 11) is 0. The maximum atomic E-state index is 10.3. The molecule has 0 aliphatic heterocycles. The zero-order chi connectivity index (χ0) is 10.7. The highest BCUT2D eigenvalue weighted by atomic mass is 79.9. The fourth-order valence-electron chi connectivity index (χ4n) is 1.08. The molecule has 0 aliphatic rings. The molecule has 0 aliphatic carbocycles. The molecule has 4 heteroatoms. The van der Waals surface area contributed by atoms with E-state index in [4.69, 9.17) is 16.7 Å². The van der Waals surface area contributed by atoms with Gasteiger partial charge in [-0.2, -0.15) is 0 Å². The maximum Gasteiger partial charge on any atom is 0.328 e. The lowest BCUT2D eigenvalue weighted by atomic mass is 10.1. The van der Waals surface area contributed by atoms with Gasteiger partial charge < -0.3 is 5.11 Å². The van der Waals surface area contributed by atoms with Crippen LogP contribution >= 0.6 is 27.5 Å². The number of carboxylic acid groups (broad SMARTS) is 1. The summed E-state index contributed by atoms with van der Waals surface area (Å²) in [5, 5.41) is 9.01. The Morgan fingerprint density at radius 2 is 2.21 bits per heavy atom. The van der Waals surface area contributed by atoms with Crippen LogP contribution in [-0.4, -0.2) is 11.1 Å². The molecule has 14 heavy (non-hydrogen) atoms. The molecule has 0 fully saturated rings. The van der Waals surface area contributed by atoms with Crippen molar-refractivity contribution in [3.63, 3.8) is 0 Å². The van der Waals surface area contributed by atoms with Crippen molar-refractivity contribution in [3.05, 3.63) is 38.8 Å². The number of hydrogen-bond acceptors (Lipinski definition) is 1. The second kappa shape index (κ2) is 4.62. The van der Waals surface area contributed by atoms with Crippen molar-refractivity contribution in [2.45, 2.75) is 6.92 Å². The Morgan fingerprint density at radius 3 is 2.71 bits per heavy atom. The molecule has 0 saturated heterocycles. The number of aliphatic carboxylic acids is 1. The number of rotatable bonds is 2. The minimum atomic E-state index is -0.983. The summed E-state index contributed by atoms with van der Waals surface area (Å²) in [6.45, 7) is 1.87. The molecule has 1 aromatic carbocycles. The Balaban J connectivity index is 3.15. The van der Waals surface area contributed by atoms with Crippen LogP contribution in [-0.2, 0) is 4.79 Å². The lowest BCUT2D eigenvalue weighted by molar-refractivity contribution is -0.131. The van der Waals surface area contributed by atoms with Crippen LogP contribution in [0.3, 0.4) is 0 Å². The van der Waals surface area contributed by atoms with Gasteiger partial charge in [-0.3, -0.25) is 0 Å². The van der Waals surface area contributed by atoms with Crippen molar-refractivity contribution >= 4 is 39.6 Å². The van der Waals surface area contributed by atoms with E-state index in [-0.39, 0.29) is 0 Å². The second-order valence-corrected chi connectivity index (χ2v) is 4.11. The predicted octanol–water partition coefficient (Wildman–Crippen LogP) is 3.51. The van der Waals surface area contributed by atoms with E-state index < -0.39 is 5.97 Å². The molecule has 0 aromatic heterocycles. The van der Waals surface area contributed by atoms with Crippen LogP contribution in [0.5, 0.6) is 0 Å². The summed E-state index contributed by atoms with van der Waals surface area (Å²) in [5.41, 5.74) is 1.67. The van der Waals surface area contributed by atoms with Gasteiger partial charge in [0, 0.05) is 15.6 Å². The zero-order valence-electron chi connectivity index (χ0n) is 7.42. The third-order valence-electron chi connectivity index (χ3n) is 1.69. The molecule has 0 bridgehead atoms. The molecular formula is C10H8BrClO2. The minimum absolute atomic E-state index is 0.536. The SMILES string of the molecule is Cc1cc(Br)cc(Cl)c1/C=C/C(=O)O. The number of halogens is 2. The smallest absolute Gasteiger partial charge is 0.328 e. The van der Waals surface area contributed by atoms with E-state index in [0.29, 0.717) is 5.02 Å². The van der Waals surface area contributed by atoms with Crippen molar-refractivity contribution in [1.82, 2.24) is 0 Å². The van der Waals surface area contributed by atoms with E-state index in [1.807, 2.05) is 13.0 Å². The quantitative estimate of drug-likeness (QED) is 0.839. The molecule has 74 valence electrons. The topological polar surface area (TPSA) is 37.3 Å². The molecule has 0 radical (unpaired) electrons. The van der Waals surface area contributed by atoms with Gasteiger partial charge in [-0.15, -0.1) is 0 Å². The highest BCUT2D eigenvalue weighted by molar-refractivity contribution is 9.10. The summed E-state index contributed by atoms with van der Waals surface area (Å²) >= 11 is 9.25. The van der Waals surface area contributed by atoms with Crippen LogP contribution in [0, 0.1) is 6.92 Å². The van der Waals surface area contributed by atoms with Gasteiger partial charge in [-0.25, -0.2) is 4.79 Å². The van der Waals surface area contributed by atoms with Gasteiger partial charge in [0.1, 0.15) is 0 Å². The number of carbonyl (C=O) groups is 1. The molecule has 0 atom stereocenters. The highest BCUT2D eigenvalue weighted by Crippen LogP contribution is 2.26. The summed E-state index contributed by atoms with van der Waals surface area (Å²) in [5.74, 6) is -0.983. The number of carboxylic acids is 1. The lowest BCUT2D eigenvalue weighted by Crippen LogP contribution is -1.88. The first-order chi connectivity index (χ1) is 6.50. The third-order valence-corrected chi connectivity index (χ3v) is 2.46. The number of aryl methyl sites for hydroxylation is 1. The van der Waals surface area contributed by atoms with Crippen LogP contribution in [0.1, 0.15) is 11.1 Å². The Bertz CT molecular complexity index is 376. The first kappa shape index (κ1) is 11.3. The predicted molar refractivity (Wildman–Crippen MR) is 60.6 cm³/mol. The summed E-state index contributed by atoms with van der Waals surface area (Å²) in [6, 6.07) is 3.61. The van der Waals surface area contributed by atoms with Gasteiger partial charge in [0.25, 0.3) is 0 Å². The van der Waals surface area contributed by atoms with E-state index in [0.717, 1.165) is 21.7 Å². The Morgan fingerprint density at radius 1 is 1.57 bits per heavy atom. The standard InChI is InChI=1S/C10H8BrClO2/c1-6-4-7(11)5-9(12)8(6)2-3-10(13)14/h2-5H,1H3,(H,13,14)/b3-2+. The molecule has 2 nitrogen and oxygen atoms in total. The number of benzene rings is 1. The maximum absolute atomic E-state index is 10.3. The second-order valence-electron chi connectivity index (χ2n) is 2.79. The Hall–Kier alpha value is -0.800. The molecular weight excluding hydrogens is 267 g/mol. The molecule has 0 unspecified atom stereocenters. The van der Waals surface area contributed by atoms with Crippen molar-refractivity contribution in [2.75, 3.05) is 0 Å². The molecule has 0 spiro atoms. The van der Waals surface area contributed by atoms with Crippen LogP contribution in [0.15, 0.2) is 22.7 Å². The van der Waals surface area contributed by atoms with E-state index in [1.54, 1.807) is 6.07 Å². The Kier molecular flexibility index (Phi) is 3.72. The van der Waals surface area contributed by atoms with Gasteiger partial charge in [-0.05, 0) is 36.3 Å². The monoisotopic (exact) mass is 274 g/mol. The van der Waals surface area contributed by atoms with Gasteiger partial charge in [-0.1, -0.05) is 27.5 Å². The third kappa shape index (κ3) is 2.86. The minimum Gasteiger partial charge on any atom is -0.478 e. The average Bonchev–Trinajstić information content (AvgIpc) is 2.01. The van der Waals surface area contributed by atoms with Crippen molar-refractivity contribution in [3.8, 4) is 0 Å². The van der Waals surface area contributed by atoms with Crippen molar-refractivity contribution in [1.29, 1.82) is 0 Å². The van der Waals surface area contributed by atoms with Gasteiger partial charge >= 0.3 is 5.97 Å². The van der Waals surface area contributed by atoms with Crippen LogP contribution in [0.25, 0.3) is 6.08 Å². The molecule has 0 heterocycles.